The van der Waals surface area contributed by atoms with Crippen LogP contribution in [-0.4, -0.2) is 37.0 Å². The van der Waals surface area contributed by atoms with Crippen LogP contribution in [0, 0.1) is 11.8 Å². The summed E-state index contributed by atoms with van der Waals surface area (Å²) < 4.78 is 0. The maximum atomic E-state index is 12.4. The second kappa shape index (κ2) is 8.84. The van der Waals surface area contributed by atoms with Crippen molar-refractivity contribution in [3.8, 4) is 0 Å². The van der Waals surface area contributed by atoms with E-state index >= 15 is 0 Å². The van der Waals surface area contributed by atoms with Crippen molar-refractivity contribution in [2.75, 3.05) is 13.1 Å². The van der Waals surface area contributed by atoms with Crippen molar-refractivity contribution in [3.05, 3.63) is 0 Å². The van der Waals surface area contributed by atoms with Gasteiger partial charge in [0.25, 0.3) is 0 Å². The Hall–Kier alpha value is -1.10. The van der Waals surface area contributed by atoms with E-state index < -0.39 is 0 Å². The number of hydrogen-bond acceptors (Lipinski definition) is 3. The van der Waals surface area contributed by atoms with Crippen molar-refractivity contribution in [1.29, 1.82) is 0 Å². The minimum absolute atomic E-state index is 0.134. The predicted molar refractivity (Wildman–Crippen MR) is 94.5 cm³/mol. The maximum Gasteiger partial charge on any atom is 0.223 e. The van der Waals surface area contributed by atoms with E-state index in [-0.39, 0.29) is 23.8 Å². The van der Waals surface area contributed by atoms with Crippen molar-refractivity contribution in [2.24, 2.45) is 11.8 Å². The van der Waals surface area contributed by atoms with Gasteiger partial charge in [-0.05, 0) is 63.8 Å². The number of hydrogen-bond donors (Lipinski definition) is 3. The van der Waals surface area contributed by atoms with Gasteiger partial charge in [-0.25, -0.2) is 0 Å². The molecule has 1 heterocycles. The molecule has 136 valence electrons. The highest BCUT2D eigenvalue weighted by molar-refractivity contribution is 5.79. The lowest BCUT2D eigenvalue weighted by Crippen LogP contribution is -2.48. The van der Waals surface area contributed by atoms with E-state index in [4.69, 9.17) is 0 Å². The zero-order valence-electron chi connectivity index (χ0n) is 14.8. The first-order valence-corrected chi connectivity index (χ1v) is 10.0. The Kier molecular flexibility index (Phi) is 6.52. The molecule has 2 saturated carbocycles. The monoisotopic (exact) mass is 335 g/mol. The molecular formula is C19H33N3O2. The molecule has 0 spiro atoms. The van der Waals surface area contributed by atoms with Crippen LogP contribution in [-0.2, 0) is 9.59 Å². The van der Waals surface area contributed by atoms with Crippen LogP contribution >= 0.6 is 0 Å². The molecule has 0 aromatic carbocycles. The van der Waals surface area contributed by atoms with E-state index in [2.05, 4.69) is 16.0 Å². The highest BCUT2D eigenvalue weighted by Crippen LogP contribution is 2.28. The number of rotatable bonds is 5. The fourth-order valence-electron chi connectivity index (χ4n) is 4.56. The van der Waals surface area contributed by atoms with Gasteiger partial charge < -0.3 is 16.0 Å². The van der Waals surface area contributed by atoms with Crippen LogP contribution in [0.1, 0.15) is 70.6 Å². The van der Waals surface area contributed by atoms with Gasteiger partial charge in [-0.1, -0.05) is 12.8 Å². The summed E-state index contributed by atoms with van der Waals surface area (Å²) in [5, 5.41) is 9.75. The third-order valence-electron chi connectivity index (χ3n) is 6.06. The summed E-state index contributed by atoms with van der Waals surface area (Å²) in [6.45, 7) is 1.97. The molecule has 1 saturated heterocycles. The second-order valence-electron chi connectivity index (χ2n) is 8.02. The number of carbonyl (C=O) groups excluding carboxylic acids is 2. The van der Waals surface area contributed by atoms with Crippen LogP contribution in [0.2, 0.25) is 0 Å². The number of carbonyl (C=O) groups is 2. The molecule has 3 aliphatic rings. The summed E-state index contributed by atoms with van der Waals surface area (Å²) in [6, 6.07) is 0.578. The van der Waals surface area contributed by atoms with E-state index in [1.807, 2.05) is 0 Å². The minimum atomic E-state index is 0.134. The Labute approximate surface area is 145 Å². The average molecular weight is 335 g/mol. The Bertz CT molecular complexity index is 420. The van der Waals surface area contributed by atoms with Gasteiger partial charge in [0.05, 0.1) is 0 Å². The summed E-state index contributed by atoms with van der Waals surface area (Å²) in [7, 11) is 0. The maximum absolute atomic E-state index is 12.4. The molecule has 24 heavy (non-hydrogen) atoms. The SMILES string of the molecule is O=C(CC1CCCC1)NC1CCC(C(=O)N[C@H]2CCCNC2)CC1. The second-order valence-corrected chi connectivity index (χ2v) is 8.02. The van der Waals surface area contributed by atoms with Gasteiger partial charge in [-0.2, -0.15) is 0 Å². The molecule has 0 bridgehead atoms. The average Bonchev–Trinajstić information content (AvgIpc) is 3.09. The Morgan fingerprint density at radius 2 is 1.58 bits per heavy atom. The van der Waals surface area contributed by atoms with E-state index in [9.17, 15) is 9.59 Å². The van der Waals surface area contributed by atoms with Gasteiger partial charge in [-0.3, -0.25) is 9.59 Å². The molecule has 0 radical (unpaired) electrons. The van der Waals surface area contributed by atoms with Gasteiger partial charge in [-0.15, -0.1) is 0 Å². The van der Waals surface area contributed by atoms with Crippen LogP contribution < -0.4 is 16.0 Å². The Morgan fingerprint density at radius 1 is 0.833 bits per heavy atom. The summed E-state index contributed by atoms with van der Waals surface area (Å²) in [4.78, 5) is 24.5. The predicted octanol–water partition coefficient (Wildman–Crippen LogP) is 2.11. The third kappa shape index (κ3) is 5.20. The molecule has 1 atom stereocenters. The molecular weight excluding hydrogens is 302 g/mol. The molecule has 0 aromatic heterocycles. The topological polar surface area (TPSA) is 70.2 Å². The lowest BCUT2D eigenvalue weighted by atomic mass is 9.85. The zero-order valence-corrected chi connectivity index (χ0v) is 14.8. The first-order chi connectivity index (χ1) is 11.7. The molecule has 2 aliphatic carbocycles. The van der Waals surface area contributed by atoms with Crippen molar-refractivity contribution >= 4 is 11.8 Å². The normalized spacial score (nSPS) is 31.6. The molecule has 5 heteroatoms. The smallest absolute Gasteiger partial charge is 0.223 e. The first-order valence-electron chi connectivity index (χ1n) is 10.0. The van der Waals surface area contributed by atoms with Crippen LogP contribution in [0.3, 0.4) is 0 Å². The Morgan fingerprint density at radius 3 is 2.25 bits per heavy atom. The van der Waals surface area contributed by atoms with Gasteiger partial charge >= 0.3 is 0 Å². The van der Waals surface area contributed by atoms with Gasteiger partial charge in [0.2, 0.25) is 11.8 Å². The molecule has 0 aromatic rings. The highest BCUT2D eigenvalue weighted by atomic mass is 16.2. The summed E-state index contributed by atoms with van der Waals surface area (Å²) in [5.41, 5.74) is 0. The van der Waals surface area contributed by atoms with Crippen LogP contribution in [0.4, 0.5) is 0 Å². The van der Waals surface area contributed by atoms with Gasteiger partial charge in [0.1, 0.15) is 0 Å². The number of nitrogens with one attached hydrogen (secondary N) is 3. The molecule has 2 amide bonds. The van der Waals surface area contributed by atoms with Crippen LogP contribution in [0.25, 0.3) is 0 Å². The Balaban J connectivity index is 1.34. The van der Waals surface area contributed by atoms with Crippen molar-refractivity contribution < 1.29 is 9.59 Å². The first kappa shape index (κ1) is 17.7. The molecule has 3 rings (SSSR count). The summed E-state index contributed by atoms with van der Waals surface area (Å²) in [5.74, 6) is 1.19. The largest absolute Gasteiger partial charge is 0.353 e. The molecule has 3 fully saturated rings. The molecule has 0 unspecified atom stereocenters. The fourth-order valence-corrected chi connectivity index (χ4v) is 4.56. The summed E-state index contributed by atoms with van der Waals surface area (Å²) >= 11 is 0. The van der Waals surface area contributed by atoms with Crippen molar-refractivity contribution in [2.45, 2.75) is 82.7 Å². The molecule has 3 N–H and O–H groups in total. The van der Waals surface area contributed by atoms with Gasteiger partial charge in [0.15, 0.2) is 0 Å². The van der Waals surface area contributed by atoms with E-state index in [1.165, 1.54) is 25.7 Å². The number of amides is 2. The zero-order chi connectivity index (χ0) is 16.8. The standard InChI is InChI=1S/C19H33N3O2/c23-18(12-14-4-1-2-5-14)21-16-9-7-15(8-10-16)19(24)22-17-6-3-11-20-13-17/h14-17,20H,1-13H2,(H,21,23)(H,22,24)/t15?,16?,17-/m0/s1. The fraction of sp³-hybridized carbons (Fsp3) is 0.895. The van der Waals surface area contributed by atoms with E-state index in [0.29, 0.717) is 18.4 Å². The lowest BCUT2D eigenvalue weighted by molar-refractivity contribution is -0.127. The third-order valence-corrected chi connectivity index (χ3v) is 6.06. The highest BCUT2D eigenvalue weighted by Gasteiger charge is 2.29. The van der Waals surface area contributed by atoms with Gasteiger partial charge in [0, 0.05) is 31.0 Å². The van der Waals surface area contributed by atoms with E-state index in [1.54, 1.807) is 0 Å². The van der Waals surface area contributed by atoms with Crippen molar-refractivity contribution in [3.63, 3.8) is 0 Å². The number of piperidine rings is 1. The van der Waals surface area contributed by atoms with Crippen LogP contribution in [0.15, 0.2) is 0 Å². The van der Waals surface area contributed by atoms with Crippen LogP contribution in [0.5, 0.6) is 0 Å². The lowest BCUT2D eigenvalue weighted by Gasteiger charge is -2.31. The van der Waals surface area contributed by atoms with E-state index in [0.717, 1.165) is 51.6 Å². The molecule has 5 nitrogen and oxygen atoms in total. The molecule has 1 aliphatic heterocycles. The van der Waals surface area contributed by atoms with Crippen molar-refractivity contribution in [1.82, 2.24) is 16.0 Å². The summed E-state index contributed by atoms with van der Waals surface area (Å²) in [6.07, 6.45) is 11.6. The minimum Gasteiger partial charge on any atom is -0.353 e. The quantitative estimate of drug-likeness (QED) is 0.721.